The van der Waals surface area contributed by atoms with Crippen LogP contribution in [-0.4, -0.2) is 42.2 Å². The fraction of sp³-hybridized carbons (Fsp3) is 0.100. The summed E-state index contributed by atoms with van der Waals surface area (Å²) in [5.41, 5.74) is 0.909. The molecule has 3 rings (SSSR count). The smallest absolute Gasteiger partial charge is 0.355 e. The number of carbonyl (C=O) groups is 3. The molecule has 2 aromatic rings. The molecule has 0 spiro atoms. The number of rotatable bonds is 4. The van der Waals surface area contributed by atoms with Crippen LogP contribution in [0.15, 0.2) is 66.2 Å². The lowest BCUT2D eigenvalue weighted by Gasteiger charge is -2.24. The van der Waals surface area contributed by atoms with E-state index in [0.29, 0.717) is 16.6 Å². The molecule has 0 saturated carbocycles. The number of nitrogens with zero attached hydrogens (tertiary/aromatic N) is 2. The molecule has 0 unspecified atom stereocenters. The number of benzene rings is 1. The van der Waals surface area contributed by atoms with Crippen molar-refractivity contribution in [2.45, 2.75) is 0 Å². The number of carboxylic acid groups (broad SMARTS) is 1. The Balaban J connectivity index is 2.31. The van der Waals surface area contributed by atoms with Crippen molar-refractivity contribution in [3.05, 3.63) is 71.7 Å². The predicted molar refractivity (Wildman–Crippen MR) is 101 cm³/mol. The van der Waals surface area contributed by atoms with Crippen LogP contribution in [0.2, 0.25) is 0 Å². The van der Waals surface area contributed by atoms with E-state index in [9.17, 15) is 19.5 Å². The van der Waals surface area contributed by atoms with Gasteiger partial charge in [-0.05, 0) is 30.4 Å². The second-order valence-corrected chi connectivity index (χ2v) is 5.69. The van der Waals surface area contributed by atoms with Crippen molar-refractivity contribution in [2.75, 3.05) is 19.1 Å². The van der Waals surface area contributed by atoms with Crippen LogP contribution in [0.4, 0.5) is 5.69 Å². The van der Waals surface area contributed by atoms with Crippen molar-refractivity contribution >= 4 is 34.5 Å². The third-order valence-corrected chi connectivity index (χ3v) is 4.10. The van der Waals surface area contributed by atoms with Crippen LogP contribution in [0, 0.1) is 0 Å². The molecule has 1 N–H and O–H groups in total. The van der Waals surface area contributed by atoms with Crippen LogP contribution in [-0.2, 0) is 19.1 Å². The molecule has 1 aromatic carbocycles. The van der Waals surface area contributed by atoms with E-state index in [1.807, 2.05) is 0 Å². The summed E-state index contributed by atoms with van der Waals surface area (Å²) in [5.74, 6) is -2.60. The average Bonchev–Trinajstić information content (AvgIpc) is 2.94. The van der Waals surface area contributed by atoms with E-state index in [1.165, 1.54) is 37.5 Å². The number of anilines is 1. The quantitative estimate of drug-likeness (QED) is 0.806. The van der Waals surface area contributed by atoms with Crippen LogP contribution in [0.5, 0.6) is 0 Å². The highest BCUT2D eigenvalue weighted by molar-refractivity contribution is 6.08. The van der Waals surface area contributed by atoms with Crippen molar-refractivity contribution in [3.63, 3.8) is 0 Å². The lowest BCUT2D eigenvalue weighted by atomic mass is 10.1. The fourth-order valence-electron chi connectivity index (χ4n) is 2.81. The summed E-state index contributed by atoms with van der Waals surface area (Å²) in [4.78, 5) is 41.8. The van der Waals surface area contributed by atoms with Crippen molar-refractivity contribution in [3.8, 4) is 0 Å². The van der Waals surface area contributed by atoms with Gasteiger partial charge < -0.3 is 19.5 Å². The number of fused-ring (bicyclic) bond motifs is 1. The zero-order chi connectivity index (χ0) is 20.3. The fourth-order valence-corrected chi connectivity index (χ4v) is 2.81. The molecule has 28 heavy (non-hydrogen) atoms. The van der Waals surface area contributed by atoms with E-state index in [-0.39, 0.29) is 16.8 Å². The number of pyridine rings is 1. The van der Waals surface area contributed by atoms with Crippen molar-refractivity contribution in [1.82, 2.24) is 4.98 Å². The minimum atomic E-state index is -1.13. The Bertz CT molecular complexity index is 1070. The number of methoxy groups -OCH3 is 2. The number of carbonyl (C=O) groups excluding carboxylic acids is 2. The standard InChI is InChI=1S/C20H16N2O6/c1-27-19(25)13-6-3-4-9-22(17(13)20(26)28-2)16-8-5-7-15-14(16)10-12(11-21-15)18(23)24/h3-11H,1-2H3,(H,23,24). The highest BCUT2D eigenvalue weighted by Gasteiger charge is 2.28. The van der Waals surface area contributed by atoms with Crippen LogP contribution < -0.4 is 4.90 Å². The van der Waals surface area contributed by atoms with Gasteiger partial charge in [0.15, 0.2) is 0 Å². The number of allylic oxidation sites excluding steroid dienone is 2. The summed E-state index contributed by atoms with van der Waals surface area (Å²) < 4.78 is 9.66. The molecule has 2 heterocycles. The Kier molecular flexibility index (Phi) is 5.21. The van der Waals surface area contributed by atoms with Crippen LogP contribution in [0.25, 0.3) is 10.9 Å². The molecule has 0 aliphatic carbocycles. The zero-order valence-corrected chi connectivity index (χ0v) is 15.1. The summed E-state index contributed by atoms with van der Waals surface area (Å²) in [6.45, 7) is 0. The Morgan fingerprint density at radius 3 is 2.50 bits per heavy atom. The average molecular weight is 380 g/mol. The lowest BCUT2D eigenvalue weighted by Crippen LogP contribution is -2.27. The molecule has 1 aromatic heterocycles. The first kappa shape index (κ1) is 18.8. The first-order chi connectivity index (χ1) is 13.5. The summed E-state index contributed by atoms with van der Waals surface area (Å²) in [7, 11) is 2.41. The highest BCUT2D eigenvalue weighted by Crippen LogP contribution is 2.32. The van der Waals surface area contributed by atoms with Crippen LogP contribution in [0.1, 0.15) is 10.4 Å². The molecule has 1 aliphatic rings. The second kappa shape index (κ2) is 7.75. The van der Waals surface area contributed by atoms with Crippen molar-refractivity contribution in [1.29, 1.82) is 0 Å². The van der Waals surface area contributed by atoms with Gasteiger partial charge in [-0.2, -0.15) is 0 Å². The molecular weight excluding hydrogens is 364 g/mol. The topological polar surface area (TPSA) is 106 Å². The Morgan fingerprint density at radius 1 is 1.07 bits per heavy atom. The van der Waals surface area contributed by atoms with Gasteiger partial charge in [-0.3, -0.25) is 4.98 Å². The van der Waals surface area contributed by atoms with E-state index in [1.54, 1.807) is 36.6 Å². The van der Waals surface area contributed by atoms with Gasteiger partial charge in [0.05, 0.1) is 36.6 Å². The summed E-state index contributed by atoms with van der Waals surface area (Å²) in [6.07, 6.45) is 7.49. The van der Waals surface area contributed by atoms with E-state index in [4.69, 9.17) is 9.47 Å². The molecule has 0 fully saturated rings. The molecule has 0 amide bonds. The molecule has 0 saturated heterocycles. The molecule has 0 bridgehead atoms. The van der Waals surface area contributed by atoms with Gasteiger partial charge in [0.2, 0.25) is 0 Å². The molecule has 8 nitrogen and oxygen atoms in total. The molecule has 8 heteroatoms. The minimum absolute atomic E-state index is 0.00120. The molecule has 142 valence electrons. The van der Waals surface area contributed by atoms with E-state index in [2.05, 4.69) is 4.98 Å². The Hall–Kier alpha value is -3.94. The first-order valence-electron chi connectivity index (χ1n) is 8.15. The Labute approximate surface area is 160 Å². The van der Waals surface area contributed by atoms with Gasteiger partial charge in [-0.25, -0.2) is 14.4 Å². The summed E-state index contributed by atoms with van der Waals surface area (Å²) in [5, 5.41) is 9.78. The SMILES string of the molecule is COC(=O)C1=C(C(=O)OC)N(c2cccc3ncc(C(=O)O)cc23)C=CC=C1. The number of carboxylic acids is 1. The van der Waals surface area contributed by atoms with E-state index >= 15 is 0 Å². The van der Waals surface area contributed by atoms with Gasteiger partial charge in [0.1, 0.15) is 5.70 Å². The van der Waals surface area contributed by atoms with Gasteiger partial charge in [0, 0.05) is 17.8 Å². The number of esters is 2. The van der Waals surface area contributed by atoms with E-state index in [0.717, 1.165) is 0 Å². The summed E-state index contributed by atoms with van der Waals surface area (Å²) >= 11 is 0. The maximum atomic E-state index is 12.5. The minimum Gasteiger partial charge on any atom is -0.478 e. The van der Waals surface area contributed by atoms with Crippen molar-refractivity contribution < 1.29 is 29.0 Å². The molecule has 1 aliphatic heterocycles. The lowest BCUT2D eigenvalue weighted by molar-refractivity contribution is -0.139. The predicted octanol–water partition coefficient (Wildman–Crippen LogP) is 2.42. The van der Waals surface area contributed by atoms with E-state index < -0.39 is 17.9 Å². The highest BCUT2D eigenvalue weighted by atomic mass is 16.5. The van der Waals surface area contributed by atoms with Crippen LogP contribution >= 0.6 is 0 Å². The number of hydrogen-bond donors (Lipinski definition) is 1. The maximum absolute atomic E-state index is 12.5. The normalized spacial score (nSPS) is 13.4. The molecular formula is C20H16N2O6. The van der Waals surface area contributed by atoms with Gasteiger partial charge in [-0.15, -0.1) is 0 Å². The number of aromatic nitrogens is 1. The van der Waals surface area contributed by atoms with Gasteiger partial charge in [-0.1, -0.05) is 12.1 Å². The maximum Gasteiger partial charge on any atom is 0.355 e. The van der Waals surface area contributed by atoms with Gasteiger partial charge >= 0.3 is 17.9 Å². The second-order valence-electron chi connectivity index (χ2n) is 5.69. The monoisotopic (exact) mass is 380 g/mol. The number of aromatic carboxylic acids is 1. The zero-order valence-electron chi connectivity index (χ0n) is 15.1. The van der Waals surface area contributed by atoms with Gasteiger partial charge in [0.25, 0.3) is 0 Å². The Morgan fingerprint density at radius 2 is 1.82 bits per heavy atom. The number of hydrogen-bond acceptors (Lipinski definition) is 7. The van der Waals surface area contributed by atoms with Crippen LogP contribution in [0.3, 0.4) is 0 Å². The largest absolute Gasteiger partial charge is 0.478 e. The molecule has 0 radical (unpaired) electrons. The molecule has 0 atom stereocenters. The summed E-state index contributed by atoms with van der Waals surface area (Å²) in [6, 6.07) is 6.57. The third kappa shape index (κ3) is 3.35. The first-order valence-corrected chi connectivity index (χ1v) is 8.15. The number of ether oxygens (including phenoxy) is 2. The third-order valence-electron chi connectivity index (χ3n) is 4.10. The van der Waals surface area contributed by atoms with Crippen molar-refractivity contribution in [2.24, 2.45) is 0 Å².